The highest BCUT2D eigenvalue weighted by atomic mass is 35.5. The number of benzene rings is 2. The lowest BCUT2D eigenvalue weighted by Crippen LogP contribution is -2.37. The summed E-state index contributed by atoms with van der Waals surface area (Å²) in [5.74, 6) is -1.04. The third-order valence-electron chi connectivity index (χ3n) is 6.97. The van der Waals surface area contributed by atoms with Gasteiger partial charge in [-0.05, 0) is 54.4 Å². The summed E-state index contributed by atoms with van der Waals surface area (Å²) in [6, 6.07) is 14.4. The first-order valence-corrected chi connectivity index (χ1v) is 12.8. The number of hydrogen-bond donors (Lipinski definition) is 1. The number of amides is 2. The lowest BCUT2D eigenvalue weighted by Gasteiger charge is -2.35. The number of halogens is 1. The van der Waals surface area contributed by atoms with Gasteiger partial charge in [0.1, 0.15) is 0 Å². The number of para-hydroxylation sites is 2. The summed E-state index contributed by atoms with van der Waals surface area (Å²) in [6.45, 7) is 5.97. The Morgan fingerprint density at radius 3 is 2.54 bits per heavy atom. The minimum absolute atomic E-state index is 0.0910. The molecule has 0 bridgehead atoms. The molecular weight excluding hydrogens is 490 g/mol. The molecule has 8 heteroatoms. The summed E-state index contributed by atoms with van der Waals surface area (Å²) >= 11 is 6.08. The van der Waals surface area contributed by atoms with E-state index in [1.807, 2.05) is 24.3 Å². The number of aromatic nitrogens is 1. The molecule has 2 aromatic carbocycles. The molecule has 0 spiro atoms. The van der Waals surface area contributed by atoms with Crippen LogP contribution >= 0.6 is 11.6 Å². The lowest BCUT2D eigenvalue weighted by molar-refractivity contribution is -0.136. The average Bonchev–Trinajstić information content (AvgIpc) is 2.86. The smallest absolute Gasteiger partial charge is 0.339 e. The van der Waals surface area contributed by atoms with Crippen molar-refractivity contribution in [1.82, 2.24) is 9.88 Å². The zero-order chi connectivity index (χ0) is 26.7. The molecule has 4 rings (SSSR count). The molecule has 2 amide bonds. The van der Waals surface area contributed by atoms with Crippen molar-refractivity contribution in [3.8, 4) is 0 Å². The van der Waals surface area contributed by atoms with Gasteiger partial charge in [0.05, 0.1) is 28.3 Å². The van der Waals surface area contributed by atoms with Crippen LogP contribution in [0.4, 0.5) is 5.69 Å². The number of nitrogens with zero attached hydrogens (tertiary/aromatic N) is 2. The molecule has 1 aliphatic carbocycles. The first kappa shape index (κ1) is 26.6. The highest BCUT2D eigenvalue weighted by molar-refractivity contribution is 6.33. The largest absolute Gasteiger partial charge is 0.452 e. The molecule has 0 saturated carbocycles. The Bertz CT molecular complexity index is 1350. The quantitative estimate of drug-likeness (QED) is 0.445. The van der Waals surface area contributed by atoms with E-state index in [-0.39, 0.29) is 12.0 Å². The van der Waals surface area contributed by atoms with Crippen molar-refractivity contribution in [3.05, 3.63) is 70.4 Å². The summed E-state index contributed by atoms with van der Waals surface area (Å²) in [4.78, 5) is 44.5. The molecule has 0 aliphatic heterocycles. The molecule has 1 aliphatic rings. The van der Waals surface area contributed by atoms with Crippen LogP contribution in [0.25, 0.3) is 10.9 Å². The average molecular weight is 522 g/mol. The first-order valence-electron chi connectivity index (χ1n) is 12.4. The van der Waals surface area contributed by atoms with E-state index >= 15 is 0 Å². The minimum Gasteiger partial charge on any atom is -0.452 e. The molecule has 194 valence electrons. The Balaban J connectivity index is 1.47. The van der Waals surface area contributed by atoms with Crippen LogP contribution in [0.5, 0.6) is 0 Å². The Hall–Kier alpha value is -3.45. The van der Waals surface area contributed by atoms with Crippen molar-refractivity contribution >= 4 is 46.0 Å². The molecule has 1 N–H and O–H groups in total. The molecule has 1 atom stereocenters. The second-order valence-corrected chi connectivity index (χ2v) is 11.0. The summed E-state index contributed by atoms with van der Waals surface area (Å²) in [5.41, 5.74) is 3.61. The predicted octanol–water partition coefficient (Wildman–Crippen LogP) is 5.29. The van der Waals surface area contributed by atoms with E-state index in [4.69, 9.17) is 21.3 Å². The van der Waals surface area contributed by atoms with Gasteiger partial charge in [-0.2, -0.15) is 0 Å². The Kier molecular flexibility index (Phi) is 7.83. The van der Waals surface area contributed by atoms with Gasteiger partial charge in [-0.25, -0.2) is 4.79 Å². The Morgan fingerprint density at radius 1 is 1.11 bits per heavy atom. The van der Waals surface area contributed by atoms with Crippen molar-refractivity contribution < 1.29 is 19.1 Å². The number of hydrogen-bond acceptors (Lipinski definition) is 5. The fraction of sp³-hybridized carbons (Fsp3) is 0.379. The molecule has 0 fully saturated rings. The van der Waals surface area contributed by atoms with Gasteiger partial charge in [0.25, 0.3) is 5.91 Å². The van der Waals surface area contributed by atoms with Crippen molar-refractivity contribution in [2.75, 3.05) is 25.5 Å². The number of rotatable bonds is 6. The Labute approximate surface area is 222 Å². The Morgan fingerprint density at radius 2 is 1.81 bits per heavy atom. The second kappa shape index (κ2) is 10.9. The topological polar surface area (TPSA) is 88.6 Å². The first-order chi connectivity index (χ1) is 17.5. The molecule has 0 radical (unpaired) electrons. The van der Waals surface area contributed by atoms with E-state index in [1.54, 1.807) is 24.3 Å². The van der Waals surface area contributed by atoms with Gasteiger partial charge in [-0.3, -0.25) is 14.6 Å². The SMILES string of the molecule is CN(CC(=O)Nc1ccccc1Cl)C(=O)COC(=O)c1c2c(nc3ccccc13)CC[C@@H](C(C)(C)C)C2. The highest BCUT2D eigenvalue weighted by Gasteiger charge is 2.33. The van der Waals surface area contributed by atoms with Gasteiger partial charge in [0, 0.05) is 18.1 Å². The van der Waals surface area contributed by atoms with Gasteiger partial charge in [-0.1, -0.05) is 62.7 Å². The molecule has 37 heavy (non-hydrogen) atoms. The van der Waals surface area contributed by atoms with E-state index in [1.165, 1.54) is 11.9 Å². The maximum absolute atomic E-state index is 13.4. The van der Waals surface area contributed by atoms with Crippen molar-refractivity contribution in [2.24, 2.45) is 11.3 Å². The van der Waals surface area contributed by atoms with Crippen molar-refractivity contribution in [1.29, 1.82) is 0 Å². The maximum Gasteiger partial charge on any atom is 0.339 e. The van der Waals surface area contributed by atoms with Gasteiger partial charge < -0.3 is 15.0 Å². The lowest BCUT2D eigenvalue weighted by atomic mass is 9.70. The molecule has 0 unspecified atom stereocenters. The van der Waals surface area contributed by atoms with Crippen molar-refractivity contribution in [3.63, 3.8) is 0 Å². The molecule has 7 nitrogen and oxygen atoms in total. The number of anilines is 1. The highest BCUT2D eigenvalue weighted by Crippen LogP contribution is 2.39. The summed E-state index contributed by atoms with van der Waals surface area (Å²) in [5, 5.41) is 3.80. The van der Waals surface area contributed by atoms with E-state index in [0.717, 1.165) is 41.4 Å². The number of aryl methyl sites for hydroxylation is 1. The van der Waals surface area contributed by atoms with Gasteiger partial charge >= 0.3 is 5.97 Å². The van der Waals surface area contributed by atoms with Crippen LogP contribution in [0.15, 0.2) is 48.5 Å². The summed E-state index contributed by atoms with van der Waals surface area (Å²) < 4.78 is 5.51. The second-order valence-electron chi connectivity index (χ2n) is 10.6. The number of likely N-dealkylation sites (N-methyl/N-ethyl adjacent to an activating group) is 1. The number of ether oxygens (including phenoxy) is 1. The van der Waals surface area contributed by atoms with Crippen molar-refractivity contribution in [2.45, 2.75) is 40.0 Å². The van der Waals surface area contributed by atoms with Gasteiger partial charge in [0.15, 0.2) is 6.61 Å². The van der Waals surface area contributed by atoms with Crippen LogP contribution in [0.3, 0.4) is 0 Å². The number of nitrogens with one attached hydrogen (secondary N) is 1. The van der Waals surface area contributed by atoms with Crippen LogP contribution in [-0.2, 0) is 27.2 Å². The van der Waals surface area contributed by atoms with E-state index in [0.29, 0.717) is 22.2 Å². The fourth-order valence-electron chi connectivity index (χ4n) is 4.73. The number of fused-ring (bicyclic) bond motifs is 2. The predicted molar refractivity (Wildman–Crippen MR) is 145 cm³/mol. The van der Waals surface area contributed by atoms with Crippen LogP contribution < -0.4 is 5.32 Å². The van der Waals surface area contributed by atoms with Gasteiger partial charge in [0.2, 0.25) is 5.91 Å². The normalized spacial score (nSPS) is 15.1. The zero-order valence-corrected chi connectivity index (χ0v) is 22.4. The summed E-state index contributed by atoms with van der Waals surface area (Å²) in [6.07, 6.45) is 2.54. The van der Waals surface area contributed by atoms with E-state index in [9.17, 15) is 14.4 Å². The zero-order valence-electron chi connectivity index (χ0n) is 21.6. The number of pyridine rings is 1. The van der Waals surface area contributed by atoms with E-state index in [2.05, 4.69) is 26.1 Å². The molecule has 3 aromatic rings. The third kappa shape index (κ3) is 6.10. The fourth-order valence-corrected chi connectivity index (χ4v) is 4.91. The number of carbonyl (C=O) groups is 3. The summed E-state index contributed by atoms with van der Waals surface area (Å²) in [7, 11) is 1.49. The maximum atomic E-state index is 13.4. The third-order valence-corrected chi connectivity index (χ3v) is 7.30. The monoisotopic (exact) mass is 521 g/mol. The van der Waals surface area contributed by atoms with E-state index < -0.39 is 24.4 Å². The number of esters is 1. The van der Waals surface area contributed by atoms with Crippen LogP contribution in [0.1, 0.15) is 48.8 Å². The molecular formula is C29H32ClN3O4. The minimum atomic E-state index is -0.549. The number of carbonyl (C=O) groups excluding carboxylic acids is 3. The van der Waals surface area contributed by atoms with Gasteiger partial charge in [-0.15, -0.1) is 0 Å². The van der Waals surface area contributed by atoms with Crippen LogP contribution in [0.2, 0.25) is 5.02 Å². The molecule has 1 heterocycles. The molecule has 1 aromatic heterocycles. The standard InChI is InChI=1S/C29H32ClN3O4/c1-29(2,3)18-13-14-23-20(15-18)27(19-9-5-7-11-22(19)31-23)28(36)37-17-26(35)33(4)16-25(34)32-24-12-8-6-10-21(24)30/h5-12,18H,13-17H2,1-4H3,(H,32,34)/t18-/m1/s1. The molecule has 0 saturated heterocycles. The van der Waals surface area contributed by atoms with Crippen LogP contribution in [0, 0.1) is 11.3 Å². The van der Waals surface area contributed by atoms with Crippen LogP contribution in [-0.4, -0.2) is 47.9 Å².